The van der Waals surface area contributed by atoms with Crippen molar-refractivity contribution in [3.05, 3.63) is 28.6 Å². The Morgan fingerprint density at radius 2 is 1.85 bits per heavy atom. The third kappa shape index (κ3) is 3.60. The van der Waals surface area contributed by atoms with Gasteiger partial charge in [-0.25, -0.2) is 0 Å². The van der Waals surface area contributed by atoms with Crippen molar-refractivity contribution in [2.24, 2.45) is 5.92 Å². The highest BCUT2D eigenvalue weighted by molar-refractivity contribution is 5.33. The molecule has 112 valence electrons. The van der Waals surface area contributed by atoms with Gasteiger partial charge in [0.25, 0.3) is 0 Å². The highest BCUT2D eigenvalue weighted by Gasteiger charge is 2.23. The number of hydrogen-bond donors (Lipinski definition) is 1. The van der Waals surface area contributed by atoms with Crippen LogP contribution in [0.1, 0.15) is 74.5 Å². The van der Waals surface area contributed by atoms with Gasteiger partial charge in [-0.05, 0) is 63.6 Å². The van der Waals surface area contributed by atoms with Crippen LogP contribution in [0.2, 0.25) is 0 Å². The first kappa shape index (κ1) is 15.5. The molecule has 3 unspecified atom stereocenters. The maximum atomic E-state index is 4.65. The Bertz CT molecular complexity index is 430. The van der Waals surface area contributed by atoms with Crippen LogP contribution in [-0.4, -0.2) is 11.0 Å². The Labute approximate surface area is 124 Å². The highest BCUT2D eigenvalue weighted by Crippen LogP contribution is 2.27. The SMILES string of the molecule is Cc1cc(C)c(C(C)NC2CCCCCC2C)c(C)n1. The van der Waals surface area contributed by atoms with Gasteiger partial charge in [0.1, 0.15) is 0 Å². The molecule has 1 aliphatic carbocycles. The van der Waals surface area contributed by atoms with Gasteiger partial charge in [-0.3, -0.25) is 4.98 Å². The average Bonchev–Trinajstić information content (AvgIpc) is 2.53. The van der Waals surface area contributed by atoms with Gasteiger partial charge in [-0.1, -0.05) is 26.2 Å². The van der Waals surface area contributed by atoms with Gasteiger partial charge < -0.3 is 5.32 Å². The van der Waals surface area contributed by atoms with Gasteiger partial charge in [0.2, 0.25) is 0 Å². The summed E-state index contributed by atoms with van der Waals surface area (Å²) in [5.41, 5.74) is 5.07. The predicted molar refractivity (Wildman–Crippen MR) is 86.0 cm³/mol. The van der Waals surface area contributed by atoms with Gasteiger partial charge >= 0.3 is 0 Å². The second-order valence-electron chi connectivity index (χ2n) is 6.69. The van der Waals surface area contributed by atoms with Crippen LogP contribution in [0.25, 0.3) is 0 Å². The van der Waals surface area contributed by atoms with Crippen molar-refractivity contribution >= 4 is 0 Å². The van der Waals surface area contributed by atoms with E-state index in [4.69, 9.17) is 0 Å². The van der Waals surface area contributed by atoms with Crippen molar-refractivity contribution in [1.82, 2.24) is 10.3 Å². The zero-order valence-electron chi connectivity index (χ0n) is 13.8. The van der Waals surface area contributed by atoms with Crippen LogP contribution >= 0.6 is 0 Å². The topological polar surface area (TPSA) is 24.9 Å². The minimum Gasteiger partial charge on any atom is -0.307 e. The van der Waals surface area contributed by atoms with Crippen LogP contribution in [0.5, 0.6) is 0 Å². The molecule has 2 nitrogen and oxygen atoms in total. The molecule has 1 heterocycles. The lowest BCUT2D eigenvalue weighted by atomic mass is 9.94. The summed E-state index contributed by atoms with van der Waals surface area (Å²) in [6, 6.07) is 3.26. The lowest BCUT2D eigenvalue weighted by molar-refractivity contribution is 0.329. The third-order valence-electron chi connectivity index (χ3n) is 4.84. The van der Waals surface area contributed by atoms with Crippen molar-refractivity contribution in [2.45, 2.75) is 78.8 Å². The van der Waals surface area contributed by atoms with E-state index < -0.39 is 0 Å². The summed E-state index contributed by atoms with van der Waals surface area (Å²) in [6.45, 7) is 11.1. The molecule has 1 aliphatic rings. The molecule has 0 amide bonds. The number of aromatic nitrogens is 1. The minimum atomic E-state index is 0.397. The van der Waals surface area contributed by atoms with Crippen molar-refractivity contribution in [2.75, 3.05) is 0 Å². The molecule has 0 radical (unpaired) electrons. The largest absolute Gasteiger partial charge is 0.307 e. The Balaban J connectivity index is 2.13. The summed E-state index contributed by atoms with van der Waals surface area (Å²) in [5.74, 6) is 0.791. The van der Waals surface area contributed by atoms with Crippen LogP contribution in [0.15, 0.2) is 6.07 Å². The van der Waals surface area contributed by atoms with E-state index in [1.54, 1.807) is 0 Å². The number of aryl methyl sites for hydroxylation is 3. The second-order valence-corrected chi connectivity index (χ2v) is 6.69. The summed E-state index contributed by atoms with van der Waals surface area (Å²) >= 11 is 0. The Hall–Kier alpha value is -0.890. The van der Waals surface area contributed by atoms with Gasteiger partial charge in [0.05, 0.1) is 0 Å². The zero-order valence-corrected chi connectivity index (χ0v) is 13.8. The summed E-state index contributed by atoms with van der Waals surface area (Å²) in [5, 5.41) is 3.89. The van der Waals surface area contributed by atoms with Gasteiger partial charge in [0, 0.05) is 23.5 Å². The molecule has 1 saturated carbocycles. The molecule has 1 N–H and O–H groups in total. The molecule has 20 heavy (non-hydrogen) atoms. The average molecular weight is 274 g/mol. The Kier molecular flexibility index (Phi) is 5.20. The maximum absolute atomic E-state index is 4.65. The first-order valence-electron chi connectivity index (χ1n) is 8.20. The first-order chi connectivity index (χ1) is 9.49. The number of rotatable bonds is 3. The molecule has 1 aromatic heterocycles. The fourth-order valence-corrected chi connectivity index (χ4v) is 3.83. The van der Waals surface area contributed by atoms with E-state index in [2.05, 4.69) is 51.0 Å². The van der Waals surface area contributed by atoms with Crippen molar-refractivity contribution in [3.63, 3.8) is 0 Å². The maximum Gasteiger partial charge on any atom is 0.0426 e. The smallest absolute Gasteiger partial charge is 0.0426 e. The summed E-state index contributed by atoms with van der Waals surface area (Å²) in [6.07, 6.45) is 6.87. The van der Waals surface area contributed by atoms with E-state index >= 15 is 0 Å². The van der Waals surface area contributed by atoms with Crippen LogP contribution in [-0.2, 0) is 0 Å². The monoisotopic (exact) mass is 274 g/mol. The molecule has 0 aromatic carbocycles. The first-order valence-corrected chi connectivity index (χ1v) is 8.20. The molecule has 2 heteroatoms. The fourth-order valence-electron chi connectivity index (χ4n) is 3.83. The van der Waals surface area contributed by atoms with Gasteiger partial charge in [-0.2, -0.15) is 0 Å². The summed E-state index contributed by atoms with van der Waals surface area (Å²) in [7, 11) is 0. The molecule has 0 aliphatic heterocycles. The number of hydrogen-bond acceptors (Lipinski definition) is 2. The molecule has 0 spiro atoms. The number of nitrogens with one attached hydrogen (secondary N) is 1. The molecule has 0 bridgehead atoms. The lowest BCUT2D eigenvalue weighted by Gasteiger charge is -2.28. The molecule has 0 saturated heterocycles. The Morgan fingerprint density at radius 3 is 2.55 bits per heavy atom. The van der Waals surface area contributed by atoms with E-state index in [1.807, 2.05) is 0 Å². The van der Waals surface area contributed by atoms with Crippen LogP contribution in [0.3, 0.4) is 0 Å². The van der Waals surface area contributed by atoms with E-state index in [-0.39, 0.29) is 0 Å². The predicted octanol–water partition coefficient (Wildman–Crippen LogP) is 4.63. The van der Waals surface area contributed by atoms with E-state index in [1.165, 1.54) is 48.9 Å². The number of nitrogens with zero attached hydrogens (tertiary/aromatic N) is 1. The molecule has 3 atom stereocenters. The molecule has 2 rings (SSSR count). The van der Waals surface area contributed by atoms with Crippen molar-refractivity contribution in [1.29, 1.82) is 0 Å². The Morgan fingerprint density at radius 1 is 1.15 bits per heavy atom. The van der Waals surface area contributed by atoms with Crippen LogP contribution in [0.4, 0.5) is 0 Å². The minimum absolute atomic E-state index is 0.397. The standard InChI is InChI=1S/C18H30N2/c1-12-9-7-6-8-10-17(12)20-16(5)18-13(2)11-14(3)19-15(18)4/h11-12,16-17,20H,6-10H2,1-5H3. The second kappa shape index (κ2) is 6.71. The zero-order chi connectivity index (χ0) is 14.7. The van der Waals surface area contributed by atoms with Crippen molar-refractivity contribution in [3.8, 4) is 0 Å². The highest BCUT2D eigenvalue weighted by atomic mass is 15.0. The van der Waals surface area contributed by atoms with E-state index in [0.29, 0.717) is 12.1 Å². The normalized spacial score (nSPS) is 25.2. The van der Waals surface area contributed by atoms with Crippen LogP contribution < -0.4 is 5.32 Å². The number of pyridine rings is 1. The molecule has 1 aromatic rings. The molecular formula is C18H30N2. The van der Waals surface area contributed by atoms with Crippen LogP contribution in [0, 0.1) is 26.7 Å². The molecular weight excluding hydrogens is 244 g/mol. The van der Waals surface area contributed by atoms with Gasteiger partial charge in [0.15, 0.2) is 0 Å². The fraction of sp³-hybridized carbons (Fsp3) is 0.722. The van der Waals surface area contributed by atoms with E-state index in [0.717, 1.165) is 11.6 Å². The molecule has 1 fully saturated rings. The van der Waals surface area contributed by atoms with E-state index in [9.17, 15) is 0 Å². The third-order valence-corrected chi connectivity index (χ3v) is 4.84. The quantitative estimate of drug-likeness (QED) is 0.813. The van der Waals surface area contributed by atoms with Crippen molar-refractivity contribution < 1.29 is 0 Å². The summed E-state index contributed by atoms with van der Waals surface area (Å²) < 4.78 is 0. The summed E-state index contributed by atoms with van der Waals surface area (Å²) in [4.78, 5) is 4.65. The van der Waals surface area contributed by atoms with Gasteiger partial charge in [-0.15, -0.1) is 0 Å². The lowest BCUT2D eigenvalue weighted by Crippen LogP contribution is -2.36.